The van der Waals surface area contributed by atoms with Crippen LogP contribution in [0.3, 0.4) is 0 Å². The third kappa shape index (κ3) is 2.49. The van der Waals surface area contributed by atoms with Gasteiger partial charge < -0.3 is 10.5 Å². The summed E-state index contributed by atoms with van der Waals surface area (Å²) in [5, 5.41) is 0. The fourth-order valence-corrected chi connectivity index (χ4v) is 1.99. The lowest BCUT2D eigenvalue weighted by Crippen LogP contribution is -2.17. The highest BCUT2D eigenvalue weighted by Gasteiger charge is 2.19. The predicted molar refractivity (Wildman–Crippen MR) is 70.7 cm³/mol. The van der Waals surface area contributed by atoms with E-state index in [2.05, 4.69) is 16.0 Å². The highest BCUT2D eigenvalue weighted by Crippen LogP contribution is 2.30. The zero-order chi connectivity index (χ0) is 13.0. The number of aromatic nitrogens is 2. The van der Waals surface area contributed by atoms with E-state index >= 15 is 0 Å². The molecular formula is C14H17N3O. The number of rotatable bonds is 4. The summed E-state index contributed by atoms with van der Waals surface area (Å²) < 4.78 is 5.39. The Morgan fingerprint density at radius 3 is 2.61 bits per heavy atom. The molecule has 1 aromatic carbocycles. The van der Waals surface area contributed by atoms with Gasteiger partial charge in [-0.25, -0.2) is 9.97 Å². The number of nitrogens with two attached hydrogens (primary N) is 1. The molecule has 4 nitrogen and oxygen atoms in total. The predicted octanol–water partition coefficient (Wildman–Crippen LogP) is 1.88. The molecule has 0 aliphatic heterocycles. The Bertz CT molecular complexity index is 514. The van der Waals surface area contributed by atoms with E-state index in [0.29, 0.717) is 6.54 Å². The van der Waals surface area contributed by atoms with Gasteiger partial charge >= 0.3 is 0 Å². The minimum Gasteiger partial charge on any atom is -0.496 e. The lowest BCUT2D eigenvalue weighted by molar-refractivity contribution is 0.407. The van der Waals surface area contributed by atoms with E-state index in [-0.39, 0.29) is 5.92 Å². The number of hydrogen-bond acceptors (Lipinski definition) is 4. The highest BCUT2D eigenvalue weighted by molar-refractivity contribution is 5.42. The number of hydrogen-bond donors (Lipinski definition) is 1. The summed E-state index contributed by atoms with van der Waals surface area (Å²) >= 11 is 0. The minimum atomic E-state index is -0.0407. The number of nitrogens with zero attached hydrogens (tertiary/aromatic N) is 2. The summed E-state index contributed by atoms with van der Waals surface area (Å²) in [4.78, 5) is 8.57. The first-order valence-electron chi connectivity index (χ1n) is 5.87. The SMILES string of the molecule is COc1ccc(C)cc1C(CN)c1ncccn1. The van der Waals surface area contributed by atoms with Crippen LogP contribution in [-0.4, -0.2) is 23.6 Å². The Hall–Kier alpha value is -1.94. The van der Waals surface area contributed by atoms with Crippen LogP contribution >= 0.6 is 0 Å². The lowest BCUT2D eigenvalue weighted by atomic mass is 9.95. The average molecular weight is 243 g/mol. The van der Waals surface area contributed by atoms with Crippen molar-refractivity contribution in [3.05, 3.63) is 53.6 Å². The average Bonchev–Trinajstić information content (AvgIpc) is 2.41. The lowest BCUT2D eigenvalue weighted by Gasteiger charge is -2.17. The topological polar surface area (TPSA) is 61.0 Å². The molecule has 94 valence electrons. The van der Waals surface area contributed by atoms with Crippen molar-refractivity contribution in [2.45, 2.75) is 12.8 Å². The van der Waals surface area contributed by atoms with Crippen LogP contribution in [0, 0.1) is 6.92 Å². The second-order valence-corrected chi connectivity index (χ2v) is 4.14. The van der Waals surface area contributed by atoms with Gasteiger partial charge in [-0.1, -0.05) is 17.7 Å². The second-order valence-electron chi connectivity index (χ2n) is 4.14. The Morgan fingerprint density at radius 1 is 1.28 bits per heavy atom. The zero-order valence-corrected chi connectivity index (χ0v) is 10.6. The van der Waals surface area contributed by atoms with Crippen molar-refractivity contribution in [2.24, 2.45) is 5.73 Å². The van der Waals surface area contributed by atoms with Crippen LogP contribution in [0.4, 0.5) is 0 Å². The van der Waals surface area contributed by atoms with E-state index in [0.717, 1.165) is 17.1 Å². The van der Waals surface area contributed by atoms with E-state index in [1.165, 1.54) is 5.56 Å². The third-order valence-electron chi connectivity index (χ3n) is 2.89. The maximum atomic E-state index is 5.87. The summed E-state index contributed by atoms with van der Waals surface area (Å²) in [5.74, 6) is 1.51. The molecule has 0 radical (unpaired) electrons. The van der Waals surface area contributed by atoms with Crippen molar-refractivity contribution in [3.63, 3.8) is 0 Å². The molecule has 0 saturated heterocycles. The van der Waals surface area contributed by atoms with Gasteiger partial charge in [-0.3, -0.25) is 0 Å². The Balaban J connectivity index is 2.48. The van der Waals surface area contributed by atoms with E-state index in [1.807, 2.05) is 19.1 Å². The van der Waals surface area contributed by atoms with Crippen LogP contribution in [0.5, 0.6) is 5.75 Å². The van der Waals surface area contributed by atoms with Crippen molar-refractivity contribution >= 4 is 0 Å². The first-order valence-corrected chi connectivity index (χ1v) is 5.87. The quantitative estimate of drug-likeness (QED) is 0.890. The third-order valence-corrected chi connectivity index (χ3v) is 2.89. The Labute approximate surface area is 107 Å². The number of methoxy groups -OCH3 is 1. The van der Waals surface area contributed by atoms with Crippen LogP contribution in [0.25, 0.3) is 0 Å². The zero-order valence-electron chi connectivity index (χ0n) is 10.6. The van der Waals surface area contributed by atoms with Gasteiger partial charge in [0, 0.05) is 24.5 Å². The van der Waals surface area contributed by atoms with Crippen molar-refractivity contribution in [2.75, 3.05) is 13.7 Å². The summed E-state index contributed by atoms with van der Waals surface area (Å²) in [6.45, 7) is 2.49. The van der Waals surface area contributed by atoms with E-state index < -0.39 is 0 Å². The molecule has 0 bridgehead atoms. The minimum absolute atomic E-state index is 0.0407. The molecule has 1 heterocycles. The fraction of sp³-hybridized carbons (Fsp3) is 0.286. The second kappa shape index (κ2) is 5.60. The van der Waals surface area contributed by atoms with Crippen LogP contribution in [0.15, 0.2) is 36.7 Å². The molecule has 0 spiro atoms. The standard InChI is InChI=1S/C14H17N3O/c1-10-4-5-13(18-2)11(8-10)12(9-15)14-16-6-3-7-17-14/h3-8,12H,9,15H2,1-2H3. The normalized spacial score (nSPS) is 12.2. The van der Waals surface area contributed by atoms with Crippen molar-refractivity contribution in [1.29, 1.82) is 0 Å². The summed E-state index contributed by atoms with van der Waals surface area (Å²) in [6.07, 6.45) is 3.46. The largest absolute Gasteiger partial charge is 0.496 e. The molecule has 1 unspecified atom stereocenters. The van der Waals surface area contributed by atoms with E-state index in [4.69, 9.17) is 10.5 Å². The molecule has 0 aliphatic carbocycles. The summed E-state index contributed by atoms with van der Waals surface area (Å²) in [5.41, 5.74) is 8.08. The number of ether oxygens (including phenoxy) is 1. The number of aryl methyl sites for hydroxylation is 1. The monoisotopic (exact) mass is 243 g/mol. The van der Waals surface area contributed by atoms with Crippen LogP contribution < -0.4 is 10.5 Å². The summed E-state index contributed by atoms with van der Waals surface area (Å²) in [7, 11) is 1.66. The number of benzene rings is 1. The highest BCUT2D eigenvalue weighted by atomic mass is 16.5. The maximum absolute atomic E-state index is 5.87. The molecule has 4 heteroatoms. The fourth-order valence-electron chi connectivity index (χ4n) is 1.99. The smallest absolute Gasteiger partial charge is 0.137 e. The molecule has 1 atom stereocenters. The molecule has 0 aliphatic rings. The van der Waals surface area contributed by atoms with Crippen LogP contribution in [-0.2, 0) is 0 Å². The first-order chi connectivity index (χ1) is 8.76. The molecule has 2 N–H and O–H groups in total. The molecular weight excluding hydrogens is 226 g/mol. The first kappa shape index (κ1) is 12.5. The summed E-state index contributed by atoms with van der Waals surface area (Å²) in [6, 6.07) is 7.84. The van der Waals surface area contributed by atoms with Gasteiger partial charge in [-0.15, -0.1) is 0 Å². The van der Waals surface area contributed by atoms with Crippen LogP contribution in [0.2, 0.25) is 0 Å². The van der Waals surface area contributed by atoms with Gasteiger partial charge in [0.1, 0.15) is 11.6 Å². The molecule has 0 fully saturated rings. The van der Waals surface area contributed by atoms with Crippen molar-refractivity contribution in [1.82, 2.24) is 9.97 Å². The molecule has 2 aromatic rings. The molecule has 18 heavy (non-hydrogen) atoms. The van der Waals surface area contributed by atoms with Crippen molar-refractivity contribution < 1.29 is 4.74 Å². The van der Waals surface area contributed by atoms with Gasteiger partial charge in [0.15, 0.2) is 0 Å². The molecule has 0 amide bonds. The van der Waals surface area contributed by atoms with E-state index in [9.17, 15) is 0 Å². The van der Waals surface area contributed by atoms with Crippen molar-refractivity contribution in [3.8, 4) is 5.75 Å². The maximum Gasteiger partial charge on any atom is 0.137 e. The Morgan fingerprint density at radius 2 is 2.00 bits per heavy atom. The van der Waals surface area contributed by atoms with Crippen LogP contribution in [0.1, 0.15) is 22.9 Å². The van der Waals surface area contributed by atoms with E-state index in [1.54, 1.807) is 25.6 Å². The molecule has 2 rings (SSSR count). The van der Waals surface area contributed by atoms with Gasteiger partial charge in [0.05, 0.1) is 13.0 Å². The van der Waals surface area contributed by atoms with Gasteiger partial charge in [0.2, 0.25) is 0 Å². The van der Waals surface area contributed by atoms with Gasteiger partial charge in [-0.2, -0.15) is 0 Å². The molecule has 1 aromatic heterocycles. The van der Waals surface area contributed by atoms with Gasteiger partial charge in [0.25, 0.3) is 0 Å². The van der Waals surface area contributed by atoms with Gasteiger partial charge in [-0.05, 0) is 19.1 Å². The Kier molecular flexibility index (Phi) is 3.89. The molecule has 0 saturated carbocycles.